The van der Waals surface area contributed by atoms with Gasteiger partial charge in [0, 0.05) is 23.4 Å². The molecule has 8 bridgehead atoms. The van der Waals surface area contributed by atoms with Crippen molar-refractivity contribution in [1.29, 1.82) is 0 Å². The van der Waals surface area contributed by atoms with Crippen molar-refractivity contribution in [2.45, 2.75) is 135 Å². The van der Waals surface area contributed by atoms with Crippen molar-refractivity contribution < 1.29 is 14.9 Å². The van der Waals surface area contributed by atoms with Gasteiger partial charge in [0.1, 0.15) is 0 Å². The lowest BCUT2D eigenvalue weighted by atomic mass is 9.33. The Morgan fingerprint density at radius 1 is 0.941 bits per heavy atom. The third-order valence-electron chi connectivity index (χ3n) is 14.4. The molecule has 1 spiro atoms. The van der Waals surface area contributed by atoms with Gasteiger partial charge in [-0.3, -0.25) is 0 Å². The standard InChI is InChI=1S/C30H49NO3/c1-17(2)18-8-13-26(3)19-9-15-29-12-6-7-21(29)30(26,23(18)31-24(19)29)16-10-20-27(4)14-11-22(32)28(20,5)25(33)34-27/h17-25,31-33H,6-16H2,1-5H3/t18-,19-,20-,21-,22+,23+,24-,25-,26+,27+,28+,29-,30+/m1/s1. The van der Waals surface area contributed by atoms with Gasteiger partial charge in [0.15, 0.2) is 6.29 Å². The van der Waals surface area contributed by atoms with E-state index in [-0.39, 0.29) is 11.5 Å². The van der Waals surface area contributed by atoms with Gasteiger partial charge in [0.25, 0.3) is 0 Å². The van der Waals surface area contributed by atoms with Gasteiger partial charge in [0.05, 0.1) is 11.7 Å². The van der Waals surface area contributed by atoms with Gasteiger partial charge < -0.3 is 20.3 Å². The Balaban J connectivity index is 1.32. The molecule has 0 amide bonds. The molecule has 192 valence electrons. The highest BCUT2D eigenvalue weighted by atomic mass is 16.6. The number of nitrogens with one attached hydrogen (secondary N) is 1. The molecular formula is C30H49NO3. The van der Waals surface area contributed by atoms with Crippen LogP contribution in [0.4, 0.5) is 0 Å². The van der Waals surface area contributed by atoms with Gasteiger partial charge in [-0.25, -0.2) is 0 Å². The fourth-order valence-corrected chi connectivity index (χ4v) is 12.9. The number of hydrogen-bond acceptors (Lipinski definition) is 4. The predicted molar refractivity (Wildman–Crippen MR) is 133 cm³/mol. The molecule has 4 nitrogen and oxygen atoms in total. The van der Waals surface area contributed by atoms with Crippen LogP contribution in [0.15, 0.2) is 0 Å². The van der Waals surface area contributed by atoms with E-state index in [0.29, 0.717) is 22.3 Å². The Labute approximate surface area is 207 Å². The molecule has 0 aromatic heterocycles. The molecule has 5 aliphatic carbocycles. The molecule has 8 fully saturated rings. The van der Waals surface area contributed by atoms with E-state index < -0.39 is 17.8 Å². The fraction of sp³-hybridized carbons (Fsp3) is 1.00. The zero-order chi connectivity index (χ0) is 23.9. The topological polar surface area (TPSA) is 61.7 Å². The zero-order valence-electron chi connectivity index (χ0n) is 22.3. The summed E-state index contributed by atoms with van der Waals surface area (Å²) in [6, 6.07) is 1.39. The minimum absolute atomic E-state index is 0.226. The van der Waals surface area contributed by atoms with Gasteiger partial charge in [-0.15, -0.1) is 0 Å². The molecule has 4 heteroatoms. The third kappa shape index (κ3) is 2.30. The molecule has 13 atom stereocenters. The summed E-state index contributed by atoms with van der Waals surface area (Å²) >= 11 is 0. The molecule has 3 heterocycles. The van der Waals surface area contributed by atoms with E-state index >= 15 is 0 Å². The van der Waals surface area contributed by atoms with Crippen LogP contribution in [0.2, 0.25) is 0 Å². The molecule has 0 aromatic rings. The van der Waals surface area contributed by atoms with Gasteiger partial charge in [-0.1, -0.05) is 34.1 Å². The average molecular weight is 472 g/mol. The molecule has 3 saturated heterocycles. The first-order chi connectivity index (χ1) is 16.0. The van der Waals surface area contributed by atoms with Crippen molar-refractivity contribution in [3.8, 4) is 0 Å². The molecule has 3 N–H and O–H groups in total. The Kier molecular flexibility index (Phi) is 4.62. The minimum atomic E-state index is -0.842. The van der Waals surface area contributed by atoms with Crippen LogP contribution >= 0.6 is 0 Å². The monoisotopic (exact) mass is 471 g/mol. The Hall–Kier alpha value is -0.160. The number of aliphatic hydroxyl groups excluding tert-OH is 2. The number of ether oxygens (including phenoxy) is 1. The first-order valence-corrected chi connectivity index (χ1v) is 14.8. The average Bonchev–Trinajstić information content (AvgIpc) is 3.40. The second-order valence-corrected chi connectivity index (χ2v) is 15.1. The van der Waals surface area contributed by atoms with E-state index in [0.717, 1.165) is 49.0 Å². The maximum absolute atomic E-state index is 11.1. The molecule has 34 heavy (non-hydrogen) atoms. The van der Waals surface area contributed by atoms with Crippen molar-refractivity contribution in [2.24, 2.45) is 51.2 Å². The van der Waals surface area contributed by atoms with Crippen LogP contribution in [0.3, 0.4) is 0 Å². The highest BCUT2D eigenvalue weighted by molar-refractivity contribution is 5.31. The summed E-state index contributed by atoms with van der Waals surface area (Å²) in [4.78, 5) is 0. The molecule has 8 rings (SSSR count). The number of hydrogen-bond donors (Lipinski definition) is 3. The molecule has 0 aromatic carbocycles. The first-order valence-electron chi connectivity index (χ1n) is 14.8. The summed E-state index contributed by atoms with van der Waals surface area (Å²) in [5, 5.41) is 26.5. The van der Waals surface area contributed by atoms with Crippen molar-refractivity contribution >= 4 is 0 Å². The molecular weight excluding hydrogens is 422 g/mol. The quantitative estimate of drug-likeness (QED) is 0.523. The number of fused-ring (bicyclic) bond motifs is 2. The molecule has 0 unspecified atom stereocenters. The number of aliphatic hydroxyl groups is 2. The Morgan fingerprint density at radius 2 is 1.74 bits per heavy atom. The summed E-state index contributed by atoms with van der Waals surface area (Å²) in [5.41, 5.74) is 0.494. The van der Waals surface area contributed by atoms with Crippen molar-refractivity contribution in [3.63, 3.8) is 0 Å². The van der Waals surface area contributed by atoms with Crippen molar-refractivity contribution in [2.75, 3.05) is 0 Å². The largest absolute Gasteiger partial charge is 0.392 e. The molecule has 5 saturated carbocycles. The summed E-state index contributed by atoms with van der Waals surface area (Å²) in [5.74, 6) is 3.42. The summed E-state index contributed by atoms with van der Waals surface area (Å²) < 4.78 is 6.27. The van der Waals surface area contributed by atoms with Crippen LogP contribution in [-0.4, -0.2) is 40.3 Å². The Morgan fingerprint density at radius 3 is 2.50 bits per heavy atom. The van der Waals surface area contributed by atoms with E-state index in [2.05, 4.69) is 39.9 Å². The van der Waals surface area contributed by atoms with Crippen LogP contribution in [0.1, 0.15) is 105 Å². The van der Waals surface area contributed by atoms with Crippen molar-refractivity contribution in [3.05, 3.63) is 0 Å². The molecule has 8 aliphatic rings. The normalized spacial score (nSPS) is 63.5. The maximum Gasteiger partial charge on any atom is 0.163 e. The maximum atomic E-state index is 11.1. The van der Waals surface area contributed by atoms with E-state index in [1.807, 2.05) is 0 Å². The summed E-state index contributed by atoms with van der Waals surface area (Å²) in [6.45, 7) is 12.0. The predicted octanol–water partition coefficient (Wildman–Crippen LogP) is 5.26. The zero-order valence-corrected chi connectivity index (χ0v) is 22.3. The highest BCUT2D eigenvalue weighted by Gasteiger charge is 2.80. The van der Waals surface area contributed by atoms with Gasteiger partial charge in [-0.05, 0) is 111 Å². The number of piperidine rings is 2. The fourth-order valence-electron chi connectivity index (χ4n) is 12.9. The lowest BCUT2D eigenvalue weighted by Crippen LogP contribution is -2.80. The highest BCUT2D eigenvalue weighted by Crippen LogP contribution is 2.81. The smallest absolute Gasteiger partial charge is 0.163 e. The van der Waals surface area contributed by atoms with Gasteiger partial charge in [-0.2, -0.15) is 0 Å². The molecule has 3 aliphatic heterocycles. The van der Waals surface area contributed by atoms with Crippen LogP contribution in [0.5, 0.6) is 0 Å². The van der Waals surface area contributed by atoms with Gasteiger partial charge in [0.2, 0.25) is 0 Å². The number of rotatable bonds is 4. The van der Waals surface area contributed by atoms with E-state index in [1.54, 1.807) is 0 Å². The Bertz CT molecular complexity index is 877. The third-order valence-corrected chi connectivity index (χ3v) is 14.4. The summed E-state index contributed by atoms with van der Waals surface area (Å²) in [7, 11) is 0. The minimum Gasteiger partial charge on any atom is -0.392 e. The second-order valence-electron chi connectivity index (χ2n) is 15.1. The second kappa shape index (κ2) is 6.83. The van der Waals surface area contributed by atoms with Crippen LogP contribution in [0.25, 0.3) is 0 Å². The SMILES string of the molecule is CC(C)[C@H]1CC[C@@]2(C)[C@@H]3CC[C@]45CCC[C@H]4[C@@]2(CC[C@H]2[C@]4(C)[C@H](O)O[C@@]2(C)CC[C@@H]4O)[C@H]1N[C@H]35. The lowest BCUT2D eigenvalue weighted by molar-refractivity contribution is -0.249. The van der Waals surface area contributed by atoms with E-state index in [1.165, 1.54) is 51.4 Å². The van der Waals surface area contributed by atoms with Crippen LogP contribution in [-0.2, 0) is 4.74 Å². The van der Waals surface area contributed by atoms with E-state index in [9.17, 15) is 10.2 Å². The van der Waals surface area contributed by atoms with Crippen LogP contribution < -0.4 is 5.32 Å². The van der Waals surface area contributed by atoms with Crippen molar-refractivity contribution in [1.82, 2.24) is 5.32 Å². The molecule has 0 radical (unpaired) electrons. The first kappa shape index (κ1) is 23.0. The lowest BCUT2D eigenvalue weighted by Gasteiger charge is -2.76. The van der Waals surface area contributed by atoms with Gasteiger partial charge >= 0.3 is 0 Å². The van der Waals surface area contributed by atoms with E-state index in [4.69, 9.17) is 4.74 Å². The summed E-state index contributed by atoms with van der Waals surface area (Å²) in [6.07, 6.45) is 12.6. The van der Waals surface area contributed by atoms with Crippen LogP contribution in [0, 0.1) is 51.2 Å².